The number of phenols is 1. The Morgan fingerprint density at radius 2 is 1.43 bits per heavy atom. The first-order valence-electron chi connectivity index (χ1n) is 7.34. The summed E-state index contributed by atoms with van der Waals surface area (Å²) in [4.78, 5) is 4.72. The zero-order chi connectivity index (χ0) is 16.1. The Hall–Kier alpha value is -3.07. The number of hydrogen-bond donors (Lipinski definition) is 1. The van der Waals surface area contributed by atoms with Crippen LogP contribution in [0.2, 0.25) is 0 Å². The number of hydrogen-bond acceptors (Lipinski definition) is 3. The lowest BCUT2D eigenvalue weighted by Gasteiger charge is -2.14. The van der Waals surface area contributed by atoms with E-state index in [9.17, 15) is 5.11 Å². The number of benzene rings is 3. The number of rotatable bonds is 4. The minimum absolute atomic E-state index is 0.193. The monoisotopic (exact) mass is 303 g/mol. The summed E-state index contributed by atoms with van der Waals surface area (Å²) in [6, 6.07) is 23.7. The summed E-state index contributed by atoms with van der Waals surface area (Å²) >= 11 is 0. The van der Waals surface area contributed by atoms with E-state index < -0.39 is 0 Å². The van der Waals surface area contributed by atoms with Gasteiger partial charge >= 0.3 is 0 Å². The van der Waals surface area contributed by atoms with Crippen molar-refractivity contribution in [2.24, 2.45) is 5.16 Å². The van der Waals surface area contributed by atoms with Crippen molar-refractivity contribution >= 4 is 6.21 Å². The van der Waals surface area contributed by atoms with Gasteiger partial charge in [0.15, 0.2) is 0 Å². The molecule has 0 saturated heterocycles. The zero-order valence-corrected chi connectivity index (χ0v) is 12.8. The summed E-state index contributed by atoms with van der Waals surface area (Å²) in [7, 11) is 1.48. The van der Waals surface area contributed by atoms with Gasteiger partial charge < -0.3 is 9.94 Å². The molecule has 0 aliphatic heterocycles. The van der Waals surface area contributed by atoms with E-state index in [1.54, 1.807) is 0 Å². The lowest BCUT2D eigenvalue weighted by molar-refractivity contribution is 0.215. The van der Waals surface area contributed by atoms with Gasteiger partial charge in [-0.1, -0.05) is 71.9 Å². The number of oxime groups is 1. The molecule has 0 radical (unpaired) electrons. The highest BCUT2D eigenvalue weighted by Gasteiger charge is 2.15. The molecule has 0 fully saturated rings. The topological polar surface area (TPSA) is 41.8 Å². The molecule has 0 spiro atoms. The number of nitrogens with zero attached hydrogens (tertiary/aromatic N) is 1. The van der Waals surface area contributed by atoms with Gasteiger partial charge in [0.25, 0.3) is 0 Å². The Morgan fingerprint density at radius 3 is 2.04 bits per heavy atom. The third-order valence-electron chi connectivity index (χ3n) is 3.65. The standard InChI is InChI=1S/C20H17NO2/c1-23-21-14-17-12-13-18(15-8-4-2-5-9-15)19(20(17)22)16-10-6-3-7-11-16/h2-14,22H,1H3. The minimum atomic E-state index is 0.193. The van der Waals surface area contributed by atoms with Crippen LogP contribution in [0.3, 0.4) is 0 Å². The molecule has 0 aromatic heterocycles. The van der Waals surface area contributed by atoms with Crippen LogP contribution in [-0.4, -0.2) is 18.4 Å². The molecule has 1 N–H and O–H groups in total. The summed E-state index contributed by atoms with van der Waals surface area (Å²) in [6.45, 7) is 0. The molecular formula is C20H17NO2. The Kier molecular flexibility index (Phi) is 4.39. The fraction of sp³-hybridized carbons (Fsp3) is 0.0500. The molecule has 0 bridgehead atoms. The van der Waals surface area contributed by atoms with Gasteiger partial charge in [-0.25, -0.2) is 0 Å². The molecule has 3 heteroatoms. The highest BCUT2D eigenvalue weighted by Crippen LogP contribution is 2.40. The molecule has 3 aromatic rings. The third kappa shape index (κ3) is 3.09. The summed E-state index contributed by atoms with van der Waals surface area (Å²) in [5.74, 6) is 0.193. The quantitative estimate of drug-likeness (QED) is 0.560. The summed E-state index contributed by atoms with van der Waals surface area (Å²) in [5, 5.41) is 14.5. The van der Waals surface area contributed by atoms with E-state index in [1.807, 2.05) is 72.8 Å². The Labute approximate surface area is 135 Å². The zero-order valence-electron chi connectivity index (χ0n) is 12.8. The van der Waals surface area contributed by atoms with E-state index >= 15 is 0 Å². The van der Waals surface area contributed by atoms with Crippen molar-refractivity contribution in [2.75, 3.05) is 7.11 Å². The van der Waals surface area contributed by atoms with E-state index in [0.29, 0.717) is 5.56 Å². The molecule has 0 unspecified atom stereocenters. The maximum atomic E-state index is 10.8. The van der Waals surface area contributed by atoms with Gasteiger partial charge in [-0.05, 0) is 22.8 Å². The van der Waals surface area contributed by atoms with E-state index in [-0.39, 0.29) is 5.75 Å². The lowest BCUT2D eigenvalue weighted by atomic mass is 9.92. The van der Waals surface area contributed by atoms with Crippen LogP contribution in [0.25, 0.3) is 22.3 Å². The molecule has 3 nitrogen and oxygen atoms in total. The third-order valence-corrected chi connectivity index (χ3v) is 3.65. The Morgan fingerprint density at radius 1 is 0.826 bits per heavy atom. The van der Waals surface area contributed by atoms with Crippen molar-refractivity contribution in [1.29, 1.82) is 0 Å². The molecule has 3 aromatic carbocycles. The molecule has 0 saturated carbocycles. The fourth-order valence-corrected chi connectivity index (χ4v) is 2.58. The van der Waals surface area contributed by atoms with E-state index in [0.717, 1.165) is 22.3 Å². The predicted molar refractivity (Wildman–Crippen MR) is 93.6 cm³/mol. The maximum absolute atomic E-state index is 10.8. The first-order chi connectivity index (χ1) is 11.3. The number of aromatic hydroxyl groups is 1. The molecule has 23 heavy (non-hydrogen) atoms. The van der Waals surface area contributed by atoms with E-state index in [4.69, 9.17) is 4.84 Å². The van der Waals surface area contributed by atoms with Gasteiger partial charge in [-0.2, -0.15) is 0 Å². The van der Waals surface area contributed by atoms with Gasteiger partial charge in [0.05, 0.1) is 6.21 Å². The van der Waals surface area contributed by atoms with Crippen molar-refractivity contribution in [3.05, 3.63) is 78.4 Å². The van der Waals surface area contributed by atoms with Crippen LogP contribution in [0.5, 0.6) is 5.75 Å². The fourth-order valence-electron chi connectivity index (χ4n) is 2.58. The lowest BCUT2D eigenvalue weighted by Crippen LogP contribution is -1.91. The first kappa shape index (κ1) is 14.9. The van der Waals surface area contributed by atoms with Gasteiger partial charge in [0.2, 0.25) is 0 Å². The maximum Gasteiger partial charge on any atom is 0.132 e. The molecule has 0 aliphatic rings. The minimum Gasteiger partial charge on any atom is -0.507 e. The second kappa shape index (κ2) is 6.79. The van der Waals surface area contributed by atoms with Crippen molar-refractivity contribution in [3.8, 4) is 28.0 Å². The van der Waals surface area contributed by atoms with Crippen LogP contribution in [0, 0.1) is 0 Å². The van der Waals surface area contributed by atoms with Crippen LogP contribution < -0.4 is 0 Å². The smallest absolute Gasteiger partial charge is 0.132 e. The van der Waals surface area contributed by atoms with Gasteiger partial charge in [0.1, 0.15) is 12.9 Å². The van der Waals surface area contributed by atoms with Crippen molar-refractivity contribution < 1.29 is 9.94 Å². The van der Waals surface area contributed by atoms with Crippen molar-refractivity contribution in [2.45, 2.75) is 0 Å². The van der Waals surface area contributed by atoms with Crippen molar-refractivity contribution in [3.63, 3.8) is 0 Å². The molecule has 3 rings (SSSR count). The predicted octanol–water partition coefficient (Wildman–Crippen LogP) is 4.71. The van der Waals surface area contributed by atoms with E-state index in [1.165, 1.54) is 13.3 Å². The summed E-state index contributed by atoms with van der Waals surface area (Å²) in [5.41, 5.74) is 4.39. The summed E-state index contributed by atoms with van der Waals surface area (Å²) in [6.07, 6.45) is 1.51. The highest BCUT2D eigenvalue weighted by atomic mass is 16.6. The molecule has 0 aliphatic carbocycles. The average Bonchev–Trinajstić information content (AvgIpc) is 2.62. The largest absolute Gasteiger partial charge is 0.507 e. The average molecular weight is 303 g/mol. The van der Waals surface area contributed by atoms with Gasteiger partial charge in [-0.3, -0.25) is 0 Å². The normalized spacial score (nSPS) is 10.8. The van der Waals surface area contributed by atoms with Gasteiger partial charge in [0, 0.05) is 11.1 Å². The molecule has 114 valence electrons. The van der Waals surface area contributed by atoms with Crippen molar-refractivity contribution in [1.82, 2.24) is 0 Å². The van der Waals surface area contributed by atoms with Gasteiger partial charge in [-0.15, -0.1) is 0 Å². The van der Waals surface area contributed by atoms with Crippen LogP contribution in [0.15, 0.2) is 78.0 Å². The summed E-state index contributed by atoms with van der Waals surface area (Å²) < 4.78 is 0. The highest BCUT2D eigenvalue weighted by molar-refractivity contribution is 5.95. The number of phenolic OH excluding ortho intramolecular Hbond substituents is 1. The second-order valence-corrected chi connectivity index (χ2v) is 5.08. The Balaban J connectivity index is 2.25. The molecular weight excluding hydrogens is 286 g/mol. The van der Waals surface area contributed by atoms with E-state index in [2.05, 4.69) is 5.16 Å². The molecule has 0 atom stereocenters. The Bertz CT molecular complexity index is 812. The molecule has 0 heterocycles. The van der Waals surface area contributed by atoms with Crippen LogP contribution in [0.1, 0.15) is 5.56 Å². The van der Waals surface area contributed by atoms with Crippen LogP contribution >= 0.6 is 0 Å². The molecule has 0 amide bonds. The second-order valence-electron chi connectivity index (χ2n) is 5.08. The first-order valence-corrected chi connectivity index (χ1v) is 7.34. The van der Waals surface area contributed by atoms with Crippen LogP contribution in [-0.2, 0) is 4.84 Å². The van der Waals surface area contributed by atoms with Crippen LogP contribution in [0.4, 0.5) is 0 Å². The SMILES string of the molecule is CON=Cc1ccc(-c2ccccc2)c(-c2ccccc2)c1O.